The Hall–Kier alpha value is -1.38. The van der Waals surface area contributed by atoms with Crippen LogP contribution in [0.5, 0.6) is 0 Å². The average molecular weight is 301 g/mol. The fourth-order valence-corrected chi connectivity index (χ4v) is 2.99. The molecule has 1 saturated heterocycles. The van der Waals surface area contributed by atoms with Crippen molar-refractivity contribution in [3.05, 3.63) is 18.0 Å². The lowest BCUT2D eigenvalue weighted by Gasteiger charge is -2.33. The summed E-state index contributed by atoms with van der Waals surface area (Å²) in [7, 11) is -0.543. The van der Waals surface area contributed by atoms with Crippen molar-refractivity contribution in [3.8, 4) is 0 Å². The molecule has 1 fully saturated rings. The van der Waals surface area contributed by atoms with E-state index in [1.54, 1.807) is 11.9 Å². The van der Waals surface area contributed by atoms with Crippen LogP contribution < -0.4 is 4.72 Å². The molecule has 2 heterocycles. The molecule has 0 unspecified atom stereocenters. The first-order valence-corrected chi connectivity index (χ1v) is 7.83. The molecule has 0 saturated carbocycles. The molecule has 0 bridgehead atoms. The molecule has 1 aliphatic heterocycles. The van der Waals surface area contributed by atoms with Crippen molar-refractivity contribution in [1.82, 2.24) is 14.2 Å². The van der Waals surface area contributed by atoms with Crippen LogP contribution in [0.4, 0.5) is 0 Å². The van der Waals surface area contributed by atoms with E-state index in [0.717, 1.165) is 0 Å². The molecule has 1 aromatic heterocycles. The van der Waals surface area contributed by atoms with Crippen molar-refractivity contribution >= 4 is 15.9 Å². The molecule has 1 amide bonds. The van der Waals surface area contributed by atoms with Gasteiger partial charge in [0.2, 0.25) is 10.0 Å². The maximum absolute atomic E-state index is 12.5. The second kappa shape index (κ2) is 5.55. The molecule has 112 valence electrons. The summed E-state index contributed by atoms with van der Waals surface area (Å²) in [4.78, 5) is 14.3. The number of aromatic nitrogens is 1. The molecule has 8 heteroatoms. The van der Waals surface area contributed by atoms with Crippen LogP contribution in [0, 0.1) is 0 Å². The van der Waals surface area contributed by atoms with E-state index >= 15 is 0 Å². The van der Waals surface area contributed by atoms with Crippen molar-refractivity contribution in [2.24, 2.45) is 7.05 Å². The van der Waals surface area contributed by atoms with Crippen molar-refractivity contribution in [3.63, 3.8) is 0 Å². The number of rotatable bonds is 3. The molecule has 1 aliphatic rings. The van der Waals surface area contributed by atoms with E-state index in [0.29, 0.717) is 25.5 Å². The van der Waals surface area contributed by atoms with E-state index in [9.17, 15) is 13.2 Å². The van der Waals surface area contributed by atoms with Gasteiger partial charge < -0.3 is 14.2 Å². The van der Waals surface area contributed by atoms with Crippen LogP contribution >= 0.6 is 0 Å². The number of carbonyl (C=O) groups excluding carboxylic acids is 1. The molecule has 1 N–H and O–H groups in total. The van der Waals surface area contributed by atoms with Crippen LogP contribution in [-0.4, -0.2) is 56.6 Å². The number of aryl methyl sites for hydroxylation is 1. The van der Waals surface area contributed by atoms with Crippen molar-refractivity contribution < 1.29 is 17.9 Å². The van der Waals surface area contributed by atoms with Crippen LogP contribution in [0.2, 0.25) is 0 Å². The summed E-state index contributed by atoms with van der Waals surface area (Å²) < 4.78 is 32.6. The highest BCUT2D eigenvalue weighted by Crippen LogP contribution is 2.17. The molecule has 7 nitrogen and oxygen atoms in total. The summed E-state index contributed by atoms with van der Waals surface area (Å²) in [6.07, 6.45) is 1.43. The normalized spacial score (nSPS) is 20.1. The van der Waals surface area contributed by atoms with Gasteiger partial charge >= 0.3 is 0 Å². The quantitative estimate of drug-likeness (QED) is 0.838. The van der Waals surface area contributed by atoms with E-state index in [2.05, 4.69) is 4.72 Å². The zero-order chi connectivity index (χ0) is 14.9. The van der Waals surface area contributed by atoms with Crippen molar-refractivity contribution in [1.29, 1.82) is 0 Å². The van der Waals surface area contributed by atoms with Gasteiger partial charge in [0.15, 0.2) is 0 Å². The number of ether oxygens (including phenoxy) is 1. The predicted octanol–water partition coefficient (Wildman–Crippen LogP) is -0.206. The minimum Gasteiger partial charge on any atom is -0.377 e. The predicted molar refractivity (Wildman–Crippen MR) is 73.0 cm³/mol. The smallest absolute Gasteiger partial charge is 0.270 e. The Morgan fingerprint density at radius 3 is 2.80 bits per heavy atom. The summed E-state index contributed by atoms with van der Waals surface area (Å²) in [6.45, 7) is 3.42. The van der Waals surface area contributed by atoms with Crippen LogP contribution in [-0.2, 0) is 21.8 Å². The van der Waals surface area contributed by atoms with Gasteiger partial charge in [0.05, 0.1) is 19.3 Å². The topological polar surface area (TPSA) is 80.6 Å². The maximum Gasteiger partial charge on any atom is 0.270 e. The highest BCUT2D eigenvalue weighted by molar-refractivity contribution is 7.89. The summed E-state index contributed by atoms with van der Waals surface area (Å²) in [5, 5.41) is 0. The largest absolute Gasteiger partial charge is 0.377 e. The van der Waals surface area contributed by atoms with E-state index in [1.807, 2.05) is 6.92 Å². The van der Waals surface area contributed by atoms with Crippen molar-refractivity contribution in [2.75, 3.05) is 26.8 Å². The molecule has 2 rings (SSSR count). The number of amides is 1. The zero-order valence-electron chi connectivity index (χ0n) is 11.8. The SMILES string of the molecule is CNS(=O)(=O)c1cc(C(=O)N2CCOC[C@H]2C)n(C)c1. The van der Waals surface area contributed by atoms with E-state index in [4.69, 9.17) is 4.74 Å². The summed E-state index contributed by atoms with van der Waals surface area (Å²) >= 11 is 0. The minimum atomic E-state index is -3.54. The van der Waals surface area contributed by atoms with Crippen LogP contribution in [0.3, 0.4) is 0 Å². The van der Waals surface area contributed by atoms with Gasteiger partial charge in [-0.05, 0) is 20.0 Å². The Balaban J connectivity index is 2.31. The van der Waals surface area contributed by atoms with Gasteiger partial charge in [-0.2, -0.15) is 0 Å². The van der Waals surface area contributed by atoms with Crippen LogP contribution in [0.1, 0.15) is 17.4 Å². The fourth-order valence-electron chi connectivity index (χ4n) is 2.19. The van der Waals surface area contributed by atoms with Gasteiger partial charge in [-0.25, -0.2) is 13.1 Å². The Morgan fingerprint density at radius 1 is 1.50 bits per heavy atom. The number of nitrogens with zero attached hydrogens (tertiary/aromatic N) is 2. The standard InChI is InChI=1S/C12H19N3O4S/c1-9-8-19-5-4-15(9)12(16)11-6-10(7-14(11)3)20(17,18)13-2/h6-7,9,13H,4-5,8H2,1-3H3/t9-/m1/s1. The van der Waals surface area contributed by atoms with Gasteiger partial charge in [-0.15, -0.1) is 0 Å². The van der Waals surface area contributed by atoms with Gasteiger partial charge in [0.1, 0.15) is 10.6 Å². The summed E-state index contributed by atoms with van der Waals surface area (Å²) in [5.74, 6) is -0.180. The van der Waals surface area contributed by atoms with Gasteiger partial charge in [0, 0.05) is 19.8 Å². The lowest BCUT2D eigenvalue weighted by molar-refractivity contribution is 0.00308. The van der Waals surface area contributed by atoms with Gasteiger partial charge in [-0.1, -0.05) is 0 Å². The molecule has 0 aliphatic carbocycles. The number of morpholine rings is 1. The third-order valence-electron chi connectivity index (χ3n) is 3.41. The maximum atomic E-state index is 12.5. The van der Waals surface area contributed by atoms with Crippen LogP contribution in [0.25, 0.3) is 0 Å². The number of hydrogen-bond acceptors (Lipinski definition) is 4. The Morgan fingerprint density at radius 2 is 2.20 bits per heavy atom. The average Bonchev–Trinajstić information content (AvgIpc) is 2.81. The van der Waals surface area contributed by atoms with Crippen molar-refractivity contribution in [2.45, 2.75) is 17.9 Å². The summed E-state index contributed by atoms with van der Waals surface area (Å²) in [6, 6.07) is 1.38. The molecular weight excluding hydrogens is 282 g/mol. The molecule has 0 spiro atoms. The van der Waals surface area contributed by atoms with E-state index in [1.165, 1.54) is 23.9 Å². The number of hydrogen-bond donors (Lipinski definition) is 1. The first kappa shape index (κ1) is 15.0. The molecule has 0 radical (unpaired) electrons. The molecule has 1 aromatic rings. The second-order valence-corrected chi connectivity index (χ2v) is 6.69. The molecule has 20 heavy (non-hydrogen) atoms. The minimum absolute atomic E-state index is 0.0180. The lowest BCUT2D eigenvalue weighted by atomic mass is 10.2. The Labute approximate surface area is 118 Å². The number of sulfonamides is 1. The number of carbonyl (C=O) groups is 1. The van der Waals surface area contributed by atoms with E-state index in [-0.39, 0.29) is 16.8 Å². The third-order valence-corrected chi connectivity index (χ3v) is 4.79. The molecule has 0 aromatic carbocycles. The second-order valence-electron chi connectivity index (χ2n) is 4.80. The first-order valence-electron chi connectivity index (χ1n) is 6.35. The van der Waals surface area contributed by atoms with Crippen LogP contribution in [0.15, 0.2) is 17.2 Å². The third kappa shape index (κ3) is 2.72. The lowest BCUT2D eigenvalue weighted by Crippen LogP contribution is -2.47. The summed E-state index contributed by atoms with van der Waals surface area (Å²) in [5.41, 5.74) is 0.354. The Kier molecular flexibility index (Phi) is 4.17. The monoisotopic (exact) mass is 301 g/mol. The van der Waals surface area contributed by atoms with Gasteiger partial charge in [-0.3, -0.25) is 4.79 Å². The highest BCUT2D eigenvalue weighted by atomic mass is 32.2. The fraction of sp³-hybridized carbons (Fsp3) is 0.583. The highest BCUT2D eigenvalue weighted by Gasteiger charge is 2.28. The number of nitrogens with one attached hydrogen (secondary N) is 1. The first-order chi connectivity index (χ1) is 9.36. The zero-order valence-corrected chi connectivity index (χ0v) is 12.6. The van der Waals surface area contributed by atoms with Gasteiger partial charge in [0.25, 0.3) is 5.91 Å². The molecule has 1 atom stereocenters. The molecular formula is C12H19N3O4S. The Bertz CT molecular complexity index is 608. The van der Waals surface area contributed by atoms with E-state index < -0.39 is 10.0 Å².